The Morgan fingerprint density at radius 2 is 2.11 bits per heavy atom. The maximum absolute atomic E-state index is 15.7. The number of ether oxygens (including phenoxy) is 1. The molecule has 0 radical (unpaired) electrons. The van der Waals surface area contributed by atoms with Gasteiger partial charge in [0.2, 0.25) is 0 Å². The van der Waals surface area contributed by atoms with Crippen molar-refractivity contribution in [3.8, 4) is 0 Å². The number of nitrogens with zero attached hydrogens (tertiary/aromatic N) is 3. The van der Waals surface area contributed by atoms with E-state index >= 15 is 8.78 Å². The standard InChI is InChI=1S/C27H35F2N5O2S/c1-4-6-7-20(5-2)25-9-8-19(3)34(37(25)35)17-21-14-24(29)22(15-23(21)28)27(10-12-36-13-11-27)31-16-26-30-18-32-33-26/h4-7,14-15,18-19,25,31H,2,8-13,16-17H2,1,3H3,(H,30,32,33)/b6-4-,20-7+/t19-,25+,37?/m0/s1. The zero-order valence-corrected chi connectivity index (χ0v) is 22.2. The third-order valence-corrected chi connectivity index (χ3v) is 9.23. The summed E-state index contributed by atoms with van der Waals surface area (Å²) in [6.07, 6.45) is 11.4. The highest BCUT2D eigenvalue weighted by Gasteiger charge is 2.38. The Morgan fingerprint density at radius 3 is 2.78 bits per heavy atom. The molecule has 200 valence electrons. The van der Waals surface area contributed by atoms with Crippen molar-refractivity contribution in [1.82, 2.24) is 24.8 Å². The molecule has 3 atom stereocenters. The molecular formula is C27H35F2N5O2S. The lowest BCUT2D eigenvalue weighted by molar-refractivity contribution is 0.0339. The van der Waals surface area contributed by atoms with E-state index in [9.17, 15) is 4.21 Å². The summed E-state index contributed by atoms with van der Waals surface area (Å²) in [5, 5.41) is 9.79. The number of hydrogen-bond donors (Lipinski definition) is 2. The van der Waals surface area contributed by atoms with Crippen LogP contribution in [-0.4, -0.2) is 48.2 Å². The van der Waals surface area contributed by atoms with Gasteiger partial charge in [0.25, 0.3) is 0 Å². The van der Waals surface area contributed by atoms with Crippen molar-refractivity contribution in [2.75, 3.05) is 13.2 Å². The minimum absolute atomic E-state index is 0.0302. The van der Waals surface area contributed by atoms with Crippen LogP contribution in [-0.2, 0) is 34.4 Å². The van der Waals surface area contributed by atoms with Gasteiger partial charge in [-0.15, -0.1) is 0 Å². The van der Waals surface area contributed by atoms with Crippen molar-refractivity contribution >= 4 is 11.0 Å². The number of allylic oxidation sites excluding steroid dienone is 4. The predicted molar refractivity (Wildman–Crippen MR) is 141 cm³/mol. The summed E-state index contributed by atoms with van der Waals surface area (Å²) in [5.41, 5.74) is 0.550. The van der Waals surface area contributed by atoms with Crippen molar-refractivity contribution in [2.24, 2.45) is 0 Å². The molecule has 10 heteroatoms. The second-order valence-corrected chi connectivity index (χ2v) is 11.2. The molecule has 0 amide bonds. The first-order valence-electron chi connectivity index (χ1n) is 12.7. The van der Waals surface area contributed by atoms with Crippen LogP contribution >= 0.6 is 0 Å². The Morgan fingerprint density at radius 1 is 1.32 bits per heavy atom. The molecule has 0 spiro atoms. The number of H-pyrrole nitrogens is 1. The van der Waals surface area contributed by atoms with Gasteiger partial charge in [0, 0.05) is 36.9 Å². The summed E-state index contributed by atoms with van der Waals surface area (Å²) in [4.78, 5) is 4.12. The minimum Gasteiger partial charge on any atom is -0.381 e. The van der Waals surface area contributed by atoms with Crippen molar-refractivity contribution in [2.45, 2.75) is 69.5 Å². The largest absolute Gasteiger partial charge is 0.381 e. The monoisotopic (exact) mass is 531 g/mol. The van der Waals surface area contributed by atoms with Crippen LogP contribution in [0.4, 0.5) is 8.78 Å². The molecule has 2 aromatic rings. The van der Waals surface area contributed by atoms with Gasteiger partial charge >= 0.3 is 0 Å². The van der Waals surface area contributed by atoms with Crippen LogP contribution in [0.1, 0.15) is 56.5 Å². The number of rotatable bonds is 9. The predicted octanol–water partition coefficient (Wildman–Crippen LogP) is 4.58. The Labute approximate surface area is 219 Å². The molecule has 7 nitrogen and oxygen atoms in total. The van der Waals surface area contributed by atoms with Gasteiger partial charge in [-0.1, -0.05) is 30.9 Å². The fourth-order valence-electron chi connectivity index (χ4n) is 5.07. The average molecular weight is 532 g/mol. The van der Waals surface area contributed by atoms with E-state index < -0.39 is 28.2 Å². The third kappa shape index (κ3) is 6.14. The van der Waals surface area contributed by atoms with Crippen LogP contribution in [0, 0.1) is 11.6 Å². The summed E-state index contributed by atoms with van der Waals surface area (Å²) < 4.78 is 52.0. The molecule has 2 N–H and O–H groups in total. The third-order valence-electron chi connectivity index (χ3n) is 7.28. The maximum Gasteiger partial charge on any atom is 0.138 e. The smallest absolute Gasteiger partial charge is 0.138 e. The average Bonchev–Trinajstić information content (AvgIpc) is 3.43. The number of aromatic nitrogens is 3. The molecule has 3 heterocycles. The SMILES string of the molecule is C=C/C(=C\C=C/C)[C@H]1CC[C@H](C)N(Cc2cc(F)c(C3(NCc4ncn[nH]4)CCOCC3)cc2F)S1=O. The van der Waals surface area contributed by atoms with Crippen LogP contribution in [0.5, 0.6) is 0 Å². The van der Waals surface area contributed by atoms with Crippen LogP contribution in [0.15, 0.2) is 54.9 Å². The second-order valence-electron chi connectivity index (χ2n) is 9.57. The highest BCUT2D eigenvalue weighted by molar-refractivity contribution is 7.83. The Bertz CT molecular complexity index is 1160. The van der Waals surface area contributed by atoms with E-state index in [1.807, 2.05) is 32.1 Å². The lowest BCUT2D eigenvalue weighted by Crippen LogP contribution is -2.47. The lowest BCUT2D eigenvalue weighted by Gasteiger charge is -2.39. The first-order chi connectivity index (χ1) is 17.9. The van der Waals surface area contributed by atoms with Crippen LogP contribution in [0.2, 0.25) is 0 Å². The maximum atomic E-state index is 15.7. The highest BCUT2D eigenvalue weighted by atomic mass is 32.2. The Hall–Kier alpha value is -2.53. The fraction of sp³-hybridized carbons (Fsp3) is 0.481. The molecule has 2 saturated heterocycles. The number of hydrogen-bond acceptors (Lipinski definition) is 5. The molecule has 1 unspecified atom stereocenters. The molecule has 37 heavy (non-hydrogen) atoms. The van der Waals surface area contributed by atoms with E-state index in [4.69, 9.17) is 4.74 Å². The summed E-state index contributed by atoms with van der Waals surface area (Å²) in [5.74, 6) is -0.388. The van der Waals surface area contributed by atoms with Crippen molar-refractivity contribution < 1.29 is 17.7 Å². The number of nitrogens with one attached hydrogen (secondary N) is 2. The topological polar surface area (TPSA) is 83.1 Å². The highest BCUT2D eigenvalue weighted by Crippen LogP contribution is 2.36. The lowest BCUT2D eigenvalue weighted by atomic mass is 9.81. The molecule has 0 saturated carbocycles. The van der Waals surface area contributed by atoms with Gasteiger partial charge in [-0.25, -0.2) is 22.3 Å². The number of aromatic amines is 1. The second kappa shape index (κ2) is 12.3. The number of halogens is 2. The molecule has 2 aliphatic heterocycles. The van der Waals surface area contributed by atoms with Crippen molar-refractivity contribution in [1.29, 1.82) is 0 Å². The summed E-state index contributed by atoms with van der Waals surface area (Å²) >= 11 is 0. The van der Waals surface area contributed by atoms with E-state index in [2.05, 4.69) is 27.1 Å². The first kappa shape index (κ1) is 27.5. The van der Waals surface area contributed by atoms with Crippen LogP contribution < -0.4 is 5.32 Å². The molecule has 0 bridgehead atoms. The summed E-state index contributed by atoms with van der Waals surface area (Å²) in [6, 6.07) is 2.52. The molecule has 1 aromatic heterocycles. The summed E-state index contributed by atoms with van der Waals surface area (Å²) in [7, 11) is -1.41. The first-order valence-corrected chi connectivity index (χ1v) is 13.8. The van der Waals surface area contributed by atoms with E-state index in [0.717, 1.165) is 18.4 Å². The zero-order chi connectivity index (χ0) is 26.4. The van der Waals surface area contributed by atoms with Gasteiger partial charge in [0.05, 0.1) is 17.3 Å². The van der Waals surface area contributed by atoms with Gasteiger partial charge in [0.1, 0.15) is 34.8 Å². The number of benzene rings is 1. The molecule has 1 aromatic carbocycles. The van der Waals surface area contributed by atoms with Gasteiger partial charge < -0.3 is 10.1 Å². The van der Waals surface area contributed by atoms with Gasteiger partial charge in [-0.3, -0.25) is 5.10 Å². The van der Waals surface area contributed by atoms with E-state index in [1.165, 1.54) is 18.5 Å². The van der Waals surface area contributed by atoms with Gasteiger partial charge in [-0.2, -0.15) is 5.10 Å². The molecular weight excluding hydrogens is 496 g/mol. The van der Waals surface area contributed by atoms with Crippen molar-refractivity contribution in [3.05, 3.63) is 83.5 Å². The van der Waals surface area contributed by atoms with E-state index in [1.54, 1.807) is 10.4 Å². The zero-order valence-electron chi connectivity index (χ0n) is 21.4. The Kier molecular flexibility index (Phi) is 9.17. The molecule has 0 aliphatic carbocycles. The Balaban J connectivity index is 1.59. The van der Waals surface area contributed by atoms with Gasteiger partial charge in [0.15, 0.2) is 0 Å². The normalized spacial score (nSPS) is 25.0. The van der Waals surface area contributed by atoms with Crippen LogP contribution in [0.25, 0.3) is 0 Å². The summed E-state index contributed by atoms with van der Waals surface area (Å²) in [6.45, 7) is 9.03. The quantitative estimate of drug-likeness (QED) is 0.463. The van der Waals surface area contributed by atoms with E-state index in [0.29, 0.717) is 38.4 Å². The minimum atomic E-state index is -1.41. The van der Waals surface area contributed by atoms with Gasteiger partial charge in [-0.05, 0) is 57.2 Å². The van der Waals surface area contributed by atoms with Crippen LogP contribution in [0.3, 0.4) is 0 Å². The molecule has 2 aliphatic rings. The van der Waals surface area contributed by atoms with Crippen molar-refractivity contribution in [3.63, 3.8) is 0 Å². The fourth-order valence-corrected chi connectivity index (χ4v) is 6.87. The van der Waals surface area contributed by atoms with E-state index in [-0.39, 0.29) is 29.0 Å². The molecule has 4 rings (SSSR count). The molecule has 2 fully saturated rings.